The van der Waals surface area contributed by atoms with Crippen molar-refractivity contribution in [1.82, 2.24) is 10.2 Å². The second kappa shape index (κ2) is 9.43. The molecule has 6 nitrogen and oxygen atoms in total. The molecule has 0 aliphatic carbocycles. The Balaban J connectivity index is 1.21. The number of likely N-dealkylation sites (tertiary alicyclic amines) is 1. The standard InChI is InChI=1S/C24H26ClN3O3/c1-16-2-5-20(6-3-16)30-13-10-23(26)28-11-8-19(9-12-28)27-24(29)22-15-17-14-18(25)4-7-21(17)31-22/h2-7,14-15,19,26H,8-13H2,1H3,(H,27,29). The lowest BCUT2D eigenvalue weighted by Gasteiger charge is -2.33. The molecule has 0 radical (unpaired) electrons. The average Bonchev–Trinajstić information content (AvgIpc) is 3.19. The molecule has 2 aromatic carbocycles. The number of nitrogens with zero attached hydrogens (tertiary/aromatic N) is 1. The van der Waals surface area contributed by atoms with Crippen molar-refractivity contribution in [2.75, 3.05) is 19.7 Å². The van der Waals surface area contributed by atoms with Crippen LogP contribution in [0, 0.1) is 12.3 Å². The average molecular weight is 440 g/mol. The Hall–Kier alpha value is -2.99. The van der Waals surface area contributed by atoms with Gasteiger partial charge in [-0.2, -0.15) is 0 Å². The predicted octanol–water partition coefficient (Wildman–Crippen LogP) is 5.04. The van der Waals surface area contributed by atoms with E-state index in [4.69, 9.17) is 26.2 Å². The molecular formula is C24H26ClN3O3. The second-order valence-corrected chi connectivity index (χ2v) is 8.32. The monoisotopic (exact) mass is 439 g/mol. The number of piperidine rings is 1. The van der Waals surface area contributed by atoms with E-state index in [-0.39, 0.29) is 11.9 Å². The smallest absolute Gasteiger partial charge is 0.287 e. The Kier molecular flexibility index (Phi) is 6.47. The van der Waals surface area contributed by atoms with Crippen LogP contribution in [0.15, 0.2) is 52.9 Å². The van der Waals surface area contributed by atoms with Crippen molar-refractivity contribution in [3.8, 4) is 5.75 Å². The van der Waals surface area contributed by atoms with Gasteiger partial charge in [-0.15, -0.1) is 0 Å². The highest BCUT2D eigenvalue weighted by Crippen LogP contribution is 2.23. The van der Waals surface area contributed by atoms with Crippen molar-refractivity contribution in [3.63, 3.8) is 0 Å². The molecule has 162 valence electrons. The number of nitrogens with one attached hydrogen (secondary N) is 2. The minimum atomic E-state index is -0.215. The summed E-state index contributed by atoms with van der Waals surface area (Å²) < 4.78 is 11.4. The van der Waals surface area contributed by atoms with Crippen LogP contribution in [0.1, 0.15) is 35.4 Å². The molecule has 2 heterocycles. The number of furan rings is 1. The van der Waals surface area contributed by atoms with Gasteiger partial charge >= 0.3 is 0 Å². The number of carbonyl (C=O) groups is 1. The van der Waals surface area contributed by atoms with E-state index < -0.39 is 0 Å². The van der Waals surface area contributed by atoms with Crippen LogP contribution in [0.3, 0.4) is 0 Å². The van der Waals surface area contributed by atoms with Gasteiger partial charge in [0.25, 0.3) is 5.91 Å². The fourth-order valence-corrected chi connectivity index (χ4v) is 3.92. The zero-order valence-electron chi connectivity index (χ0n) is 17.5. The fourth-order valence-electron chi connectivity index (χ4n) is 3.73. The van der Waals surface area contributed by atoms with E-state index in [1.54, 1.807) is 24.3 Å². The van der Waals surface area contributed by atoms with Gasteiger partial charge in [0.1, 0.15) is 11.3 Å². The van der Waals surface area contributed by atoms with E-state index in [2.05, 4.69) is 10.2 Å². The van der Waals surface area contributed by atoms with E-state index in [0.717, 1.165) is 37.1 Å². The van der Waals surface area contributed by atoms with Gasteiger partial charge < -0.3 is 19.4 Å². The Bertz CT molecular complexity index is 1070. The number of hydrogen-bond acceptors (Lipinski definition) is 4. The van der Waals surface area contributed by atoms with Crippen LogP contribution in [0.5, 0.6) is 5.75 Å². The normalized spacial score (nSPS) is 14.6. The number of hydrogen-bond donors (Lipinski definition) is 2. The largest absolute Gasteiger partial charge is 0.493 e. The lowest BCUT2D eigenvalue weighted by molar-refractivity contribution is 0.0896. The Morgan fingerprint density at radius 2 is 1.94 bits per heavy atom. The molecule has 2 N–H and O–H groups in total. The fraction of sp³-hybridized carbons (Fsp3) is 0.333. The van der Waals surface area contributed by atoms with Gasteiger partial charge in [0.2, 0.25) is 0 Å². The van der Waals surface area contributed by atoms with Gasteiger partial charge in [-0.05, 0) is 56.2 Å². The van der Waals surface area contributed by atoms with Crippen LogP contribution in [-0.2, 0) is 0 Å². The lowest BCUT2D eigenvalue weighted by Crippen LogP contribution is -2.46. The number of rotatable bonds is 6. The molecule has 1 aliphatic rings. The Morgan fingerprint density at radius 3 is 2.68 bits per heavy atom. The topological polar surface area (TPSA) is 78.6 Å². The van der Waals surface area contributed by atoms with Gasteiger partial charge in [-0.3, -0.25) is 10.2 Å². The minimum absolute atomic E-state index is 0.0668. The van der Waals surface area contributed by atoms with Crippen molar-refractivity contribution in [2.24, 2.45) is 0 Å². The summed E-state index contributed by atoms with van der Waals surface area (Å²) in [6, 6.07) is 15.0. The number of carbonyl (C=O) groups excluding carboxylic acids is 1. The number of aryl methyl sites for hydroxylation is 1. The van der Waals surface area contributed by atoms with Gasteiger partial charge in [0.05, 0.1) is 12.4 Å². The first-order chi connectivity index (χ1) is 15.0. The van der Waals surface area contributed by atoms with Gasteiger partial charge in [0.15, 0.2) is 5.76 Å². The maximum Gasteiger partial charge on any atom is 0.287 e. The third-order valence-corrected chi connectivity index (χ3v) is 5.78. The molecule has 31 heavy (non-hydrogen) atoms. The lowest BCUT2D eigenvalue weighted by atomic mass is 10.0. The second-order valence-electron chi connectivity index (χ2n) is 7.89. The maximum absolute atomic E-state index is 12.6. The summed E-state index contributed by atoms with van der Waals surface area (Å²) in [4.78, 5) is 14.6. The molecule has 0 unspecified atom stereocenters. The van der Waals surface area contributed by atoms with Crippen molar-refractivity contribution in [2.45, 2.75) is 32.2 Å². The van der Waals surface area contributed by atoms with Crippen LogP contribution in [0.4, 0.5) is 0 Å². The first-order valence-electron chi connectivity index (χ1n) is 10.5. The molecule has 3 aromatic rings. The maximum atomic E-state index is 12.6. The van der Waals surface area contributed by atoms with Crippen molar-refractivity contribution < 1.29 is 13.9 Å². The summed E-state index contributed by atoms with van der Waals surface area (Å²) in [5, 5.41) is 12.8. The molecule has 1 saturated heterocycles. The molecule has 0 spiro atoms. The van der Waals surface area contributed by atoms with Crippen molar-refractivity contribution >= 4 is 34.3 Å². The van der Waals surface area contributed by atoms with Crippen molar-refractivity contribution in [3.05, 3.63) is 64.9 Å². The van der Waals surface area contributed by atoms with E-state index in [1.165, 1.54) is 5.56 Å². The number of benzene rings is 2. The summed E-state index contributed by atoms with van der Waals surface area (Å²) in [6.07, 6.45) is 2.14. The number of ether oxygens (including phenoxy) is 1. The van der Waals surface area contributed by atoms with Gasteiger partial charge in [0, 0.05) is 36.0 Å². The molecule has 1 aliphatic heterocycles. The number of fused-ring (bicyclic) bond motifs is 1. The summed E-state index contributed by atoms with van der Waals surface area (Å²) in [7, 11) is 0. The molecule has 0 bridgehead atoms. The number of amides is 1. The highest BCUT2D eigenvalue weighted by Gasteiger charge is 2.23. The molecule has 0 atom stereocenters. The molecule has 4 rings (SSSR count). The SMILES string of the molecule is Cc1ccc(OCCC(=N)N2CCC(NC(=O)c3cc4cc(Cl)ccc4o3)CC2)cc1. The highest BCUT2D eigenvalue weighted by atomic mass is 35.5. The zero-order chi connectivity index (χ0) is 21.8. The van der Waals surface area contributed by atoms with Gasteiger partial charge in [-0.25, -0.2) is 0 Å². The van der Waals surface area contributed by atoms with Crippen LogP contribution in [0.2, 0.25) is 5.02 Å². The zero-order valence-corrected chi connectivity index (χ0v) is 18.2. The quantitative estimate of drug-likeness (QED) is 0.417. The first-order valence-corrected chi connectivity index (χ1v) is 10.9. The first kappa shape index (κ1) is 21.2. The van der Waals surface area contributed by atoms with Crippen LogP contribution < -0.4 is 10.1 Å². The Morgan fingerprint density at radius 1 is 1.19 bits per heavy atom. The van der Waals surface area contributed by atoms with Crippen LogP contribution in [-0.4, -0.2) is 42.4 Å². The molecule has 1 aromatic heterocycles. The van der Waals surface area contributed by atoms with E-state index in [1.807, 2.05) is 31.2 Å². The summed E-state index contributed by atoms with van der Waals surface area (Å²) in [5.74, 6) is 1.48. The predicted molar refractivity (Wildman–Crippen MR) is 122 cm³/mol. The summed E-state index contributed by atoms with van der Waals surface area (Å²) >= 11 is 6.00. The van der Waals surface area contributed by atoms with Crippen LogP contribution in [0.25, 0.3) is 11.0 Å². The molecule has 7 heteroatoms. The summed E-state index contributed by atoms with van der Waals surface area (Å²) in [5.41, 5.74) is 1.84. The van der Waals surface area contributed by atoms with Crippen LogP contribution >= 0.6 is 11.6 Å². The highest BCUT2D eigenvalue weighted by molar-refractivity contribution is 6.31. The van der Waals surface area contributed by atoms with E-state index in [0.29, 0.717) is 35.2 Å². The third-order valence-electron chi connectivity index (χ3n) is 5.54. The van der Waals surface area contributed by atoms with E-state index in [9.17, 15) is 4.79 Å². The third kappa shape index (κ3) is 5.39. The molecule has 1 fully saturated rings. The van der Waals surface area contributed by atoms with E-state index >= 15 is 0 Å². The molecule has 1 amide bonds. The summed E-state index contributed by atoms with van der Waals surface area (Å²) in [6.45, 7) is 4.00. The number of halogens is 1. The van der Waals surface area contributed by atoms with Crippen molar-refractivity contribution in [1.29, 1.82) is 5.41 Å². The minimum Gasteiger partial charge on any atom is -0.493 e. The van der Waals surface area contributed by atoms with Gasteiger partial charge in [-0.1, -0.05) is 29.3 Å². The number of amidine groups is 1. The Labute approximate surface area is 186 Å². The molecule has 0 saturated carbocycles. The molecular weight excluding hydrogens is 414 g/mol.